The van der Waals surface area contributed by atoms with Gasteiger partial charge in [-0.15, -0.1) is 0 Å². The van der Waals surface area contributed by atoms with E-state index in [1.165, 1.54) is 12.8 Å². The topological polar surface area (TPSA) is 39.1 Å². The molecule has 4 nitrogen and oxygen atoms in total. The van der Waals surface area contributed by atoms with E-state index in [0.717, 1.165) is 24.8 Å². The van der Waals surface area contributed by atoms with Gasteiger partial charge in [0.15, 0.2) is 5.75 Å². The highest BCUT2D eigenvalue weighted by Gasteiger charge is 2.22. The maximum atomic E-state index is 5.93. The van der Waals surface area contributed by atoms with Crippen molar-refractivity contribution >= 4 is 0 Å². The molecule has 1 N–H and O–H groups in total. The fourth-order valence-corrected chi connectivity index (χ4v) is 1.71. The summed E-state index contributed by atoms with van der Waals surface area (Å²) >= 11 is 0. The van der Waals surface area contributed by atoms with Crippen molar-refractivity contribution in [2.75, 3.05) is 6.54 Å². The Kier molecular flexibility index (Phi) is 4.05. The molecular formula is C13H23N3O. The van der Waals surface area contributed by atoms with Crippen LogP contribution in [0.2, 0.25) is 0 Å². The van der Waals surface area contributed by atoms with Gasteiger partial charge in [0.25, 0.3) is 0 Å². The van der Waals surface area contributed by atoms with Crippen molar-refractivity contribution < 1.29 is 4.74 Å². The van der Waals surface area contributed by atoms with Gasteiger partial charge in [0.1, 0.15) is 6.10 Å². The quantitative estimate of drug-likeness (QED) is 0.791. The van der Waals surface area contributed by atoms with Crippen molar-refractivity contribution in [1.82, 2.24) is 15.1 Å². The minimum atomic E-state index is 0.250. The van der Waals surface area contributed by atoms with Crippen LogP contribution in [0.5, 0.6) is 5.75 Å². The van der Waals surface area contributed by atoms with Crippen molar-refractivity contribution in [2.24, 2.45) is 0 Å². The third-order valence-electron chi connectivity index (χ3n) is 3.08. The second-order valence-corrected chi connectivity index (χ2v) is 5.08. The highest BCUT2D eigenvalue weighted by molar-refractivity contribution is 5.12. The number of hydrogen-bond donors (Lipinski definition) is 1. The lowest BCUT2D eigenvalue weighted by atomic mass is 10.2. The van der Waals surface area contributed by atoms with Crippen LogP contribution in [-0.4, -0.2) is 28.5 Å². The van der Waals surface area contributed by atoms with Crippen LogP contribution >= 0.6 is 0 Å². The highest BCUT2D eigenvalue weighted by Crippen LogP contribution is 2.19. The molecule has 4 heteroatoms. The first-order valence-corrected chi connectivity index (χ1v) is 6.63. The van der Waals surface area contributed by atoms with E-state index in [-0.39, 0.29) is 6.10 Å². The average molecular weight is 237 g/mol. The molecule has 1 aliphatic carbocycles. The third kappa shape index (κ3) is 3.73. The molecule has 0 aromatic carbocycles. The minimum absolute atomic E-state index is 0.250. The van der Waals surface area contributed by atoms with E-state index in [2.05, 4.69) is 31.2 Å². The molecule has 1 saturated carbocycles. The summed E-state index contributed by atoms with van der Waals surface area (Å²) in [6, 6.07) is 1.13. The minimum Gasteiger partial charge on any atom is -0.486 e. The van der Waals surface area contributed by atoms with E-state index >= 15 is 0 Å². The predicted octanol–water partition coefficient (Wildman–Crippen LogP) is 2.37. The maximum absolute atomic E-state index is 5.93. The Morgan fingerprint density at radius 2 is 2.29 bits per heavy atom. The largest absolute Gasteiger partial charge is 0.486 e. The lowest BCUT2D eigenvalue weighted by Gasteiger charge is -2.16. The van der Waals surface area contributed by atoms with Gasteiger partial charge in [0, 0.05) is 18.6 Å². The van der Waals surface area contributed by atoms with Gasteiger partial charge in [0.2, 0.25) is 0 Å². The first-order valence-electron chi connectivity index (χ1n) is 6.63. The summed E-state index contributed by atoms with van der Waals surface area (Å²) in [5.41, 5.74) is 0. The van der Waals surface area contributed by atoms with E-state index in [0.29, 0.717) is 6.04 Å². The van der Waals surface area contributed by atoms with Crippen LogP contribution < -0.4 is 10.1 Å². The van der Waals surface area contributed by atoms with Crippen molar-refractivity contribution in [2.45, 2.75) is 58.2 Å². The van der Waals surface area contributed by atoms with Gasteiger partial charge in [-0.25, -0.2) is 0 Å². The lowest BCUT2D eigenvalue weighted by molar-refractivity contribution is 0.192. The van der Waals surface area contributed by atoms with Crippen LogP contribution in [0.25, 0.3) is 0 Å². The summed E-state index contributed by atoms with van der Waals surface area (Å²) < 4.78 is 7.85. The van der Waals surface area contributed by atoms with E-state index < -0.39 is 0 Å². The number of rotatable bonds is 7. The monoisotopic (exact) mass is 237 g/mol. The molecule has 0 bridgehead atoms. The molecule has 1 aliphatic rings. The average Bonchev–Trinajstić information content (AvgIpc) is 3.01. The number of hydrogen-bond acceptors (Lipinski definition) is 3. The number of nitrogens with zero attached hydrogens (tertiary/aromatic N) is 2. The molecule has 2 rings (SSSR count). The fraction of sp³-hybridized carbons (Fsp3) is 0.769. The van der Waals surface area contributed by atoms with Gasteiger partial charge in [-0.2, -0.15) is 5.10 Å². The predicted molar refractivity (Wildman–Crippen MR) is 68.3 cm³/mol. The molecule has 0 spiro atoms. The third-order valence-corrected chi connectivity index (χ3v) is 3.08. The number of ether oxygens (including phenoxy) is 1. The SMILES string of the molecule is CCC(CNC1CC1)Oc1cnn(C(C)C)c1. The van der Waals surface area contributed by atoms with Crippen LogP contribution in [0, 0.1) is 0 Å². The van der Waals surface area contributed by atoms with Crippen LogP contribution in [0.4, 0.5) is 0 Å². The second-order valence-electron chi connectivity index (χ2n) is 5.08. The smallest absolute Gasteiger partial charge is 0.157 e. The molecule has 1 atom stereocenters. The van der Waals surface area contributed by atoms with Crippen LogP contribution in [0.1, 0.15) is 46.1 Å². The number of aromatic nitrogens is 2. The molecule has 1 fully saturated rings. The molecule has 0 radical (unpaired) electrons. The molecule has 1 heterocycles. The lowest BCUT2D eigenvalue weighted by Crippen LogP contribution is -2.32. The molecular weight excluding hydrogens is 214 g/mol. The summed E-state index contributed by atoms with van der Waals surface area (Å²) in [5, 5.41) is 7.79. The van der Waals surface area contributed by atoms with Crippen molar-refractivity contribution in [3.8, 4) is 5.75 Å². The van der Waals surface area contributed by atoms with Gasteiger partial charge in [-0.3, -0.25) is 4.68 Å². The van der Waals surface area contributed by atoms with Crippen molar-refractivity contribution in [3.63, 3.8) is 0 Å². The van der Waals surface area contributed by atoms with E-state index in [1.54, 1.807) is 6.20 Å². The van der Waals surface area contributed by atoms with Gasteiger partial charge in [-0.05, 0) is 33.1 Å². The Morgan fingerprint density at radius 1 is 1.53 bits per heavy atom. The van der Waals surface area contributed by atoms with Gasteiger partial charge >= 0.3 is 0 Å². The normalized spacial score (nSPS) is 17.4. The van der Waals surface area contributed by atoms with Gasteiger partial charge in [-0.1, -0.05) is 6.92 Å². The zero-order valence-electron chi connectivity index (χ0n) is 11.0. The summed E-state index contributed by atoms with van der Waals surface area (Å²) in [6.07, 6.45) is 7.70. The van der Waals surface area contributed by atoms with Crippen LogP contribution in [0.3, 0.4) is 0 Å². The molecule has 17 heavy (non-hydrogen) atoms. The zero-order chi connectivity index (χ0) is 12.3. The van der Waals surface area contributed by atoms with Crippen molar-refractivity contribution in [1.29, 1.82) is 0 Å². The Balaban J connectivity index is 1.82. The van der Waals surface area contributed by atoms with E-state index in [9.17, 15) is 0 Å². The van der Waals surface area contributed by atoms with E-state index in [1.807, 2.05) is 10.9 Å². The highest BCUT2D eigenvalue weighted by atomic mass is 16.5. The first kappa shape index (κ1) is 12.4. The molecule has 0 aliphatic heterocycles. The summed E-state index contributed by atoms with van der Waals surface area (Å²) in [6.45, 7) is 7.33. The van der Waals surface area contributed by atoms with Crippen LogP contribution in [-0.2, 0) is 0 Å². The first-order chi connectivity index (χ1) is 8.19. The van der Waals surface area contributed by atoms with Gasteiger partial charge in [0.05, 0.1) is 12.4 Å². The zero-order valence-corrected chi connectivity index (χ0v) is 11.0. The molecule has 1 unspecified atom stereocenters. The van der Waals surface area contributed by atoms with E-state index in [4.69, 9.17) is 4.74 Å². The van der Waals surface area contributed by atoms with Crippen LogP contribution in [0.15, 0.2) is 12.4 Å². The Bertz CT molecular complexity index is 344. The molecule has 1 aromatic heterocycles. The summed E-state index contributed by atoms with van der Waals surface area (Å²) in [7, 11) is 0. The molecule has 0 saturated heterocycles. The Morgan fingerprint density at radius 3 is 2.82 bits per heavy atom. The Hall–Kier alpha value is -1.03. The summed E-state index contributed by atoms with van der Waals surface area (Å²) in [4.78, 5) is 0. The standard InChI is InChI=1S/C13H23N3O/c1-4-12(7-14-11-5-6-11)17-13-8-15-16(9-13)10(2)3/h8-12,14H,4-7H2,1-3H3. The Labute approximate surface area is 103 Å². The van der Waals surface area contributed by atoms with Gasteiger partial charge < -0.3 is 10.1 Å². The molecule has 1 aromatic rings. The molecule has 96 valence electrons. The fourth-order valence-electron chi connectivity index (χ4n) is 1.71. The summed E-state index contributed by atoms with van der Waals surface area (Å²) in [5.74, 6) is 0.878. The van der Waals surface area contributed by atoms with Crippen molar-refractivity contribution in [3.05, 3.63) is 12.4 Å². The maximum Gasteiger partial charge on any atom is 0.157 e. The number of nitrogens with one attached hydrogen (secondary N) is 1. The second kappa shape index (κ2) is 5.54. The molecule has 0 amide bonds.